The number of fused-ring (bicyclic) bond motifs is 1. The zero-order chi connectivity index (χ0) is 26.1. The number of ether oxygens (including phenoxy) is 1. The van der Waals surface area contributed by atoms with E-state index in [4.69, 9.17) is 27.9 Å². The van der Waals surface area contributed by atoms with E-state index in [1.807, 2.05) is 35.0 Å². The minimum Gasteiger partial charge on any atom is -0.489 e. The molecule has 1 fully saturated rings. The lowest BCUT2D eigenvalue weighted by Crippen LogP contribution is -2.57. The first kappa shape index (κ1) is 26.6. The van der Waals surface area contributed by atoms with Crippen LogP contribution in [0.25, 0.3) is 16.6 Å². The quantitative estimate of drug-likeness (QED) is 0.412. The lowest BCUT2D eigenvalue weighted by atomic mass is 10.0. The van der Waals surface area contributed by atoms with E-state index in [-0.39, 0.29) is 30.2 Å². The summed E-state index contributed by atoms with van der Waals surface area (Å²) in [6, 6.07) is 11.7. The molecule has 0 spiro atoms. The van der Waals surface area contributed by atoms with Crippen LogP contribution in [0.15, 0.2) is 42.6 Å². The number of nitrogens with one attached hydrogen (secondary N) is 1. The van der Waals surface area contributed by atoms with Crippen molar-refractivity contribution in [3.05, 3.63) is 58.7 Å². The van der Waals surface area contributed by atoms with Gasteiger partial charge >= 0.3 is 0 Å². The molecule has 36 heavy (non-hydrogen) atoms. The number of nitrogens with zero attached hydrogens (tertiary/aromatic N) is 3. The average molecular weight is 557 g/mol. The van der Waals surface area contributed by atoms with Gasteiger partial charge in [-0.2, -0.15) is 5.26 Å². The predicted molar refractivity (Wildman–Crippen MR) is 136 cm³/mol. The Bertz CT molecular complexity index is 1420. The smallest absolute Gasteiger partial charge is 0.276 e. The number of aromatic nitrogens is 1. The van der Waals surface area contributed by atoms with Gasteiger partial charge in [0.25, 0.3) is 5.92 Å². The summed E-state index contributed by atoms with van der Waals surface area (Å²) in [5.41, 5.74) is 2.68. The maximum atomic E-state index is 14.6. The molecule has 4 rings (SSSR count). The monoisotopic (exact) mass is 556 g/mol. The van der Waals surface area contributed by atoms with Gasteiger partial charge < -0.3 is 9.30 Å². The van der Waals surface area contributed by atoms with Crippen molar-refractivity contribution in [3.8, 4) is 17.5 Å². The first-order valence-electron chi connectivity index (χ1n) is 11.1. The van der Waals surface area contributed by atoms with Crippen LogP contribution in [-0.4, -0.2) is 61.7 Å². The second-order valence-electron chi connectivity index (χ2n) is 8.74. The number of benzene rings is 2. The Hall–Kier alpha value is -2.42. The lowest BCUT2D eigenvalue weighted by Gasteiger charge is -2.38. The molecular formula is C24H24Cl2F2N4O3S. The molecule has 2 aromatic carbocycles. The fourth-order valence-electron chi connectivity index (χ4n) is 4.41. The number of piperidine rings is 1. The highest BCUT2D eigenvalue weighted by atomic mass is 35.5. The van der Waals surface area contributed by atoms with Crippen LogP contribution in [0, 0.1) is 11.3 Å². The van der Waals surface area contributed by atoms with Gasteiger partial charge in [0.2, 0.25) is 10.0 Å². The van der Waals surface area contributed by atoms with Gasteiger partial charge in [-0.15, -0.1) is 11.6 Å². The van der Waals surface area contributed by atoms with Gasteiger partial charge in [0.1, 0.15) is 12.7 Å². The molecule has 1 atom stereocenters. The number of halogens is 4. The molecule has 1 aliphatic rings. The van der Waals surface area contributed by atoms with Crippen LogP contribution in [0.4, 0.5) is 8.78 Å². The molecule has 0 bridgehead atoms. The Labute approximate surface area is 218 Å². The molecule has 192 valence electrons. The Morgan fingerprint density at radius 2 is 2.06 bits per heavy atom. The van der Waals surface area contributed by atoms with Crippen LogP contribution in [-0.2, 0) is 16.6 Å². The Morgan fingerprint density at radius 3 is 2.72 bits per heavy atom. The van der Waals surface area contributed by atoms with Crippen LogP contribution >= 0.6 is 23.2 Å². The van der Waals surface area contributed by atoms with Crippen molar-refractivity contribution in [1.82, 2.24) is 14.2 Å². The molecular weight excluding hydrogens is 533 g/mol. The largest absolute Gasteiger partial charge is 0.489 e. The van der Waals surface area contributed by atoms with Crippen molar-refractivity contribution in [2.24, 2.45) is 0 Å². The van der Waals surface area contributed by atoms with Crippen LogP contribution in [0.1, 0.15) is 17.5 Å². The summed E-state index contributed by atoms with van der Waals surface area (Å²) < 4.78 is 61.4. The fraction of sp³-hybridized carbons (Fsp3) is 0.375. The third-order valence-electron chi connectivity index (χ3n) is 5.95. The first-order chi connectivity index (χ1) is 17.0. The highest BCUT2D eigenvalue weighted by Gasteiger charge is 2.45. The van der Waals surface area contributed by atoms with E-state index in [2.05, 4.69) is 10.8 Å². The zero-order valence-corrected chi connectivity index (χ0v) is 21.7. The molecule has 0 amide bonds. The summed E-state index contributed by atoms with van der Waals surface area (Å²) in [7, 11) is -3.72. The molecule has 1 aliphatic heterocycles. The minimum absolute atomic E-state index is 0.0191. The average Bonchev–Trinajstić information content (AvgIpc) is 3.22. The maximum absolute atomic E-state index is 14.6. The molecule has 0 aliphatic carbocycles. The second kappa shape index (κ2) is 10.5. The van der Waals surface area contributed by atoms with Gasteiger partial charge in [-0.05, 0) is 42.3 Å². The van der Waals surface area contributed by atoms with Crippen molar-refractivity contribution in [2.75, 3.05) is 31.8 Å². The molecule has 12 heteroatoms. The van der Waals surface area contributed by atoms with Crippen molar-refractivity contribution in [1.29, 1.82) is 5.26 Å². The van der Waals surface area contributed by atoms with Crippen LogP contribution in [0.5, 0.6) is 5.75 Å². The standard InChI is InChI=1S/C24H24Cl2F2N4O3S/c1-36(33,34)30-22-5-7-31(15-24(22,27)28)14-16-2-3-21-17(10-16)4-8-32(21)19-11-18(13-29)23(20(26)12-19)35-9-6-25/h2-4,8,10-12,22,30H,5-7,9,14-15H2,1H3. The van der Waals surface area contributed by atoms with Gasteiger partial charge in [0.15, 0.2) is 5.75 Å². The van der Waals surface area contributed by atoms with Crippen molar-refractivity contribution in [3.63, 3.8) is 0 Å². The summed E-state index contributed by atoms with van der Waals surface area (Å²) in [6.07, 6.45) is 2.75. The predicted octanol–water partition coefficient (Wildman–Crippen LogP) is 4.53. The zero-order valence-electron chi connectivity index (χ0n) is 19.3. The minimum atomic E-state index is -3.72. The lowest BCUT2D eigenvalue weighted by molar-refractivity contribution is -0.0862. The molecule has 1 aromatic heterocycles. The van der Waals surface area contributed by atoms with E-state index >= 15 is 0 Å². The highest BCUT2D eigenvalue weighted by Crippen LogP contribution is 2.34. The maximum Gasteiger partial charge on any atom is 0.276 e. The summed E-state index contributed by atoms with van der Waals surface area (Å²) in [4.78, 5) is 1.62. The normalized spacial score (nSPS) is 18.3. The second-order valence-corrected chi connectivity index (χ2v) is 11.3. The van der Waals surface area contributed by atoms with Gasteiger partial charge in [0.05, 0.1) is 40.8 Å². The molecule has 1 saturated heterocycles. The molecule has 0 radical (unpaired) electrons. The van der Waals surface area contributed by atoms with E-state index in [1.165, 1.54) is 0 Å². The number of sulfonamides is 1. The van der Waals surface area contributed by atoms with Crippen molar-refractivity contribution >= 4 is 44.1 Å². The molecule has 2 heterocycles. The van der Waals surface area contributed by atoms with E-state index in [9.17, 15) is 22.5 Å². The van der Waals surface area contributed by atoms with Crippen molar-refractivity contribution in [2.45, 2.75) is 24.9 Å². The number of nitriles is 1. The molecule has 1 N–H and O–H groups in total. The van der Waals surface area contributed by atoms with E-state index < -0.39 is 28.5 Å². The number of hydrogen-bond acceptors (Lipinski definition) is 5. The summed E-state index contributed by atoms with van der Waals surface area (Å²) >= 11 is 12.1. The summed E-state index contributed by atoms with van der Waals surface area (Å²) in [6.45, 7) is 0.337. The number of likely N-dealkylation sites (tertiary alicyclic amines) is 1. The fourth-order valence-corrected chi connectivity index (χ4v) is 5.56. The van der Waals surface area contributed by atoms with E-state index in [0.717, 1.165) is 22.7 Å². The molecule has 3 aromatic rings. The highest BCUT2D eigenvalue weighted by molar-refractivity contribution is 7.88. The molecule has 0 saturated carbocycles. The summed E-state index contributed by atoms with van der Waals surface area (Å²) in [5, 5.41) is 10.7. The van der Waals surface area contributed by atoms with Crippen LogP contribution in [0.3, 0.4) is 0 Å². The van der Waals surface area contributed by atoms with Crippen molar-refractivity contribution < 1.29 is 21.9 Å². The SMILES string of the molecule is CS(=O)(=O)NC1CCN(Cc2ccc3c(ccn3-c3cc(Cl)c(OCCCl)c(C#N)c3)c2)CC1(F)F. The number of hydrogen-bond donors (Lipinski definition) is 1. The van der Waals surface area contributed by atoms with Gasteiger partial charge in [-0.25, -0.2) is 21.9 Å². The van der Waals surface area contributed by atoms with E-state index in [1.54, 1.807) is 17.0 Å². The van der Waals surface area contributed by atoms with Gasteiger partial charge in [-0.1, -0.05) is 17.7 Å². The Balaban J connectivity index is 1.54. The first-order valence-corrected chi connectivity index (χ1v) is 13.9. The summed E-state index contributed by atoms with van der Waals surface area (Å²) in [5.74, 6) is -2.62. The third-order valence-corrected chi connectivity index (χ3v) is 7.09. The Kier molecular flexibility index (Phi) is 7.78. The van der Waals surface area contributed by atoms with Crippen LogP contribution < -0.4 is 9.46 Å². The molecule has 1 unspecified atom stereocenters. The number of rotatable bonds is 8. The molecule has 7 nitrogen and oxygen atoms in total. The van der Waals surface area contributed by atoms with Crippen LogP contribution in [0.2, 0.25) is 5.02 Å². The van der Waals surface area contributed by atoms with Gasteiger partial charge in [0, 0.05) is 30.4 Å². The topological polar surface area (TPSA) is 87.4 Å². The Morgan fingerprint density at radius 1 is 1.28 bits per heavy atom. The van der Waals surface area contributed by atoms with Gasteiger partial charge in [-0.3, -0.25) is 4.90 Å². The van der Waals surface area contributed by atoms with E-state index in [0.29, 0.717) is 23.8 Å². The number of alkyl halides is 3. The third kappa shape index (κ3) is 5.93.